The van der Waals surface area contributed by atoms with Gasteiger partial charge in [-0.1, -0.05) is 78.8 Å². The summed E-state index contributed by atoms with van der Waals surface area (Å²) >= 11 is 3.29. The number of sulfonamides is 1. The first-order chi connectivity index (χ1) is 16.8. The second-order valence-corrected chi connectivity index (χ2v) is 11.8. The van der Waals surface area contributed by atoms with Gasteiger partial charge in [-0.3, -0.25) is 4.79 Å². The highest BCUT2D eigenvalue weighted by Crippen LogP contribution is 2.44. The maximum atomic E-state index is 13.6. The average Bonchev–Trinajstić information content (AvgIpc) is 3.04. The number of para-hydroxylation sites is 1. The van der Waals surface area contributed by atoms with Gasteiger partial charge < -0.3 is 10.0 Å². The molecule has 36 heavy (non-hydrogen) atoms. The maximum Gasteiger partial charge on any atom is 0.268 e. The van der Waals surface area contributed by atoms with Crippen molar-refractivity contribution < 1.29 is 18.3 Å². The second kappa shape index (κ2) is 11.7. The molecule has 8 heteroatoms. The molecule has 2 N–H and O–H groups in total. The minimum atomic E-state index is -3.75. The van der Waals surface area contributed by atoms with Gasteiger partial charge in [0.15, 0.2) is 5.60 Å². The molecule has 1 heterocycles. The van der Waals surface area contributed by atoms with Crippen LogP contribution < -0.4 is 9.62 Å². The number of benzene rings is 2. The van der Waals surface area contributed by atoms with E-state index in [1.54, 1.807) is 45.0 Å². The van der Waals surface area contributed by atoms with Crippen molar-refractivity contribution >= 4 is 37.5 Å². The number of allylic oxidation sites excluding steroid dienone is 3. The van der Waals surface area contributed by atoms with Crippen LogP contribution in [0.2, 0.25) is 0 Å². The Bertz CT molecular complexity index is 1280. The summed E-state index contributed by atoms with van der Waals surface area (Å²) < 4.78 is 28.6. The van der Waals surface area contributed by atoms with E-state index in [9.17, 15) is 18.3 Å². The largest absolute Gasteiger partial charge is 0.372 e. The second-order valence-electron chi connectivity index (χ2n) is 9.14. The lowest BCUT2D eigenvalue weighted by Crippen LogP contribution is -2.42. The number of aliphatic hydroxyl groups is 1. The van der Waals surface area contributed by atoms with Crippen molar-refractivity contribution in [3.8, 4) is 0 Å². The Morgan fingerprint density at radius 3 is 2.22 bits per heavy atom. The zero-order valence-electron chi connectivity index (χ0n) is 21.7. The van der Waals surface area contributed by atoms with Gasteiger partial charge in [0.05, 0.1) is 17.1 Å². The molecule has 0 radical (unpaired) electrons. The molecule has 194 valence electrons. The molecule has 1 aliphatic rings. The standard InChI is InChI=1S/C26H29BrN2O4S.C2H6/c1-6-19(12-11-18(2)27)17-29-23-10-8-7-9-22(23)26(31,24(29)30)20-13-15-21(16-14-20)34(32,33)28-25(3,4)5;1-2/h6-16,28,31H,2,17H2,1,3-5H3;1-2H3/b12-11-,19-6+;. The monoisotopic (exact) mass is 574 g/mol. The Kier molecular flexibility index (Phi) is 9.64. The Balaban J connectivity index is 0.00000222. The zero-order chi connectivity index (χ0) is 27.3. The van der Waals surface area contributed by atoms with E-state index in [-0.39, 0.29) is 11.4 Å². The Hall–Kier alpha value is -2.52. The van der Waals surface area contributed by atoms with E-state index < -0.39 is 27.1 Å². The van der Waals surface area contributed by atoms with Crippen LogP contribution in [-0.4, -0.2) is 31.5 Å². The molecule has 1 amide bonds. The molecular weight excluding hydrogens is 540 g/mol. The third-order valence-electron chi connectivity index (χ3n) is 5.35. The fourth-order valence-electron chi connectivity index (χ4n) is 3.83. The van der Waals surface area contributed by atoms with Crippen molar-refractivity contribution in [1.29, 1.82) is 0 Å². The first-order valence-electron chi connectivity index (χ1n) is 11.8. The van der Waals surface area contributed by atoms with Crippen molar-refractivity contribution in [2.24, 2.45) is 0 Å². The molecule has 0 spiro atoms. The quantitative estimate of drug-likeness (QED) is 0.410. The lowest BCUT2D eigenvalue weighted by Gasteiger charge is -2.25. The molecule has 0 aromatic heterocycles. The highest BCUT2D eigenvalue weighted by Gasteiger charge is 2.51. The number of carbonyl (C=O) groups excluding carboxylic acids is 1. The summed E-state index contributed by atoms with van der Waals surface area (Å²) in [6, 6.07) is 12.9. The number of nitrogens with one attached hydrogen (secondary N) is 1. The van der Waals surface area contributed by atoms with Crippen LogP contribution in [0.5, 0.6) is 0 Å². The zero-order valence-corrected chi connectivity index (χ0v) is 24.1. The van der Waals surface area contributed by atoms with Gasteiger partial charge in [0, 0.05) is 15.6 Å². The van der Waals surface area contributed by atoms with Gasteiger partial charge in [-0.2, -0.15) is 0 Å². The molecule has 2 aromatic rings. The van der Waals surface area contributed by atoms with Crippen molar-refractivity contribution in [1.82, 2.24) is 4.72 Å². The number of hydrogen-bond donors (Lipinski definition) is 2. The summed E-state index contributed by atoms with van der Waals surface area (Å²) in [5, 5.41) is 11.7. The predicted octanol–water partition coefficient (Wildman–Crippen LogP) is 5.78. The molecule has 1 unspecified atom stereocenters. The molecule has 0 bridgehead atoms. The maximum absolute atomic E-state index is 13.6. The molecular formula is C28H35BrN2O4S. The number of anilines is 1. The molecule has 6 nitrogen and oxygen atoms in total. The summed E-state index contributed by atoms with van der Waals surface area (Å²) in [6.07, 6.45) is 5.53. The van der Waals surface area contributed by atoms with Crippen molar-refractivity contribution in [2.45, 2.75) is 57.6 Å². The lowest BCUT2D eigenvalue weighted by atomic mass is 9.87. The summed E-state index contributed by atoms with van der Waals surface area (Å²) in [5.41, 5.74) is -0.357. The number of nitrogens with zero attached hydrogens (tertiary/aromatic N) is 1. The van der Waals surface area contributed by atoms with Crippen LogP contribution in [0.15, 0.2) is 88.3 Å². The van der Waals surface area contributed by atoms with Crippen molar-refractivity contribution in [3.05, 3.63) is 94.5 Å². The van der Waals surface area contributed by atoms with Gasteiger partial charge in [0.25, 0.3) is 5.91 Å². The van der Waals surface area contributed by atoms with Gasteiger partial charge in [0.1, 0.15) is 0 Å². The predicted molar refractivity (Wildman–Crippen MR) is 151 cm³/mol. The fourth-order valence-corrected chi connectivity index (χ4v) is 5.38. The van der Waals surface area contributed by atoms with Gasteiger partial charge in [0.2, 0.25) is 10.0 Å². The molecule has 0 saturated carbocycles. The van der Waals surface area contributed by atoms with Gasteiger partial charge in [-0.25, -0.2) is 13.1 Å². The molecule has 2 aromatic carbocycles. The molecule has 3 rings (SSSR count). The topological polar surface area (TPSA) is 86.7 Å². The van der Waals surface area contributed by atoms with Crippen LogP contribution in [0.3, 0.4) is 0 Å². The van der Waals surface area contributed by atoms with Gasteiger partial charge in [-0.15, -0.1) is 0 Å². The van der Waals surface area contributed by atoms with Crippen LogP contribution in [0.1, 0.15) is 52.7 Å². The third-order valence-corrected chi connectivity index (χ3v) is 7.39. The average molecular weight is 576 g/mol. The van der Waals surface area contributed by atoms with Gasteiger partial charge in [-0.05, 0) is 63.1 Å². The normalized spacial score (nSPS) is 18.2. The van der Waals surface area contributed by atoms with Crippen LogP contribution in [0.4, 0.5) is 5.69 Å². The van der Waals surface area contributed by atoms with Crippen molar-refractivity contribution in [2.75, 3.05) is 11.4 Å². The van der Waals surface area contributed by atoms with Crippen LogP contribution >= 0.6 is 15.9 Å². The summed E-state index contributed by atoms with van der Waals surface area (Å²) in [4.78, 5) is 15.2. The summed E-state index contributed by atoms with van der Waals surface area (Å²) in [7, 11) is -3.75. The third kappa shape index (κ3) is 6.42. The molecule has 0 fully saturated rings. The number of rotatable bonds is 7. The van der Waals surface area contributed by atoms with Gasteiger partial charge >= 0.3 is 0 Å². The van der Waals surface area contributed by atoms with Crippen LogP contribution in [0, 0.1) is 0 Å². The first kappa shape index (κ1) is 29.7. The minimum Gasteiger partial charge on any atom is -0.372 e. The van der Waals surface area contributed by atoms with E-state index >= 15 is 0 Å². The van der Waals surface area contributed by atoms with Crippen LogP contribution in [-0.2, 0) is 20.4 Å². The van der Waals surface area contributed by atoms with E-state index in [2.05, 4.69) is 27.2 Å². The smallest absolute Gasteiger partial charge is 0.268 e. The van der Waals surface area contributed by atoms with Crippen LogP contribution in [0.25, 0.3) is 0 Å². The fraction of sp³-hybridized carbons (Fsp3) is 0.321. The summed E-state index contributed by atoms with van der Waals surface area (Å²) in [5.74, 6) is -0.498. The van der Waals surface area contributed by atoms with E-state index in [4.69, 9.17) is 0 Å². The van der Waals surface area contributed by atoms with E-state index in [0.29, 0.717) is 21.3 Å². The molecule has 0 saturated heterocycles. The van der Waals surface area contributed by atoms with E-state index in [0.717, 1.165) is 5.57 Å². The molecule has 1 aliphatic heterocycles. The number of carbonyl (C=O) groups is 1. The Morgan fingerprint density at radius 1 is 1.11 bits per heavy atom. The number of amides is 1. The number of hydrogen-bond acceptors (Lipinski definition) is 4. The minimum absolute atomic E-state index is 0.0571. The number of fused-ring (bicyclic) bond motifs is 1. The molecule has 1 atom stereocenters. The number of halogens is 1. The van der Waals surface area contributed by atoms with E-state index in [1.807, 2.05) is 39.0 Å². The Labute approximate surface area is 223 Å². The van der Waals surface area contributed by atoms with Crippen molar-refractivity contribution in [3.63, 3.8) is 0 Å². The first-order valence-corrected chi connectivity index (χ1v) is 14.0. The highest BCUT2D eigenvalue weighted by molar-refractivity contribution is 9.11. The molecule has 0 aliphatic carbocycles. The highest BCUT2D eigenvalue weighted by atomic mass is 79.9. The lowest BCUT2D eigenvalue weighted by molar-refractivity contribution is -0.132. The SMILES string of the molecule is C=C(Br)/C=C\C(=C/C)CN1C(=O)C(O)(c2ccc(S(=O)(=O)NC(C)(C)C)cc2)c2ccccc21.CC. The Morgan fingerprint density at radius 2 is 1.69 bits per heavy atom. The summed E-state index contributed by atoms with van der Waals surface area (Å²) in [6.45, 7) is 15.2. The van der Waals surface area contributed by atoms with E-state index in [1.165, 1.54) is 29.2 Å².